The lowest BCUT2D eigenvalue weighted by atomic mass is 9.99. The molecule has 4 nitrogen and oxygen atoms in total. The molecule has 0 N–H and O–H groups in total. The molecule has 1 aliphatic rings. The highest BCUT2D eigenvalue weighted by molar-refractivity contribution is 5.81. The third-order valence-corrected chi connectivity index (χ3v) is 3.27. The van der Waals surface area contributed by atoms with Crippen molar-refractivity contribution in [1.29, 1.82) is 0 Å². The Labute approximate surface area is 103 Å². The maximum absolute atomic E-state index is 12.0. The summed E-state index contributed by atoms with van der Waals surface area (Å²) >= 11 is 0. The zero-order chi connectivity index (χ0) is 12.7. The average Bonchev–Trinajstić information content (AvgIpc) is 2.36. The van der Waals surface area contributed by atoms with Crippen molar-refractivity contribution in [3.8, 4) is 0 Å². The maximum atomic E-state index is 12.0. The van der Waals surface area contributed by atoms with Crippen molar-refractivity contribution >= 4 is 11.9 Å². The predicted molar refractivity (Wildman–Crippen MR) is 65.5 cm³/mol. The molecule has 1 heterocycles. The van der Waals surface area contributed by atoms with Crippen LogP contribution in [0, 0.1) is 0 Å². The van der Waals surface area contributed by atoms with E-state index in [-0.39, 0.29) is 24.7 Å². The van der Waals surface area contributed by atoms with Crippen LogP contribution in [0.5, 0.6) is 0 Å². The van der Waals surface area contributed by atoms with Gasteiger partial charge in [-0.15, -0.1) is 0 Å². The number of likely N-dealkylation sites (tertiary alicyclic amines) is 1. The van der Waals surface area contributed by atoms with Gasteiger partial charge in [-0.05, 0) is 32.6 Å². The van der Waals surface area contributed by atoms with Gasteiger partial charge in [-0.25, -0.2) is 0 Å². The van der Waals surface area contributed by atoms with Crippen LogP contribution >= 0.6 is 0 Å². The van der Waals surface area contributed by atoms with Crippen LogP contribution in [-0.2, 0) is 14.3 Å². The Morgan fingerprint density at radius 1 is 1.24 bits per heavy atom. The van der Waals surface area contributed by atoms with Gasteiger partial charge in [-0.1, -0.05) is 6.92 Å². The van der Waals surface area contributed by atoms with Gasteiger partial charge in [0.2, 0.25) is 5.91 Å². The van der Waals surface area contributed by atoms with E-state index < -0.39 is 0 Å². The van der Waals surface area contributed by atoms with Gasteiger partial charge in [0.15, 0.2) is 0 Å². The number of rotatable bonds is 5. The molecular weight excluding hydrogens is 218 g/mol. The molecule has 0 spiro atoms. The number of amides is 1. The predicted octanol–water partition coefficient (Wildman–Crippen LogP) is 2.12. The van der Waals surface area contributed by atoms with Crippen LogP contribution in [0.3, 0.4) is 0 Å². The monoisotopic (exact) mass is 241 g/mol. The molecular formula is C13H23NO3. The smallest absolute Gasteiger partial charge is 0.306 e. The van der Waals surface area contributed by atoms with E-state index in [1.807, 2.05) is 4.90 Å². The van der Waals surface area contributed by atoms with Crippen LogP contribution in [-0.4, -0.2) is 36.0 Å². The third kappa shape index (κ3) is 4.36. The highest BCUT2D eigenvalue weighted by Crippen LogP contribution is 2.20. The molecule has 0 bridgehead atoms. The van der Waals surface area contributed by atoms with Crippen LogP contribution in [0.2, 0.25) is 0 Å². The molecule has 1 unspecified atom stereocenters. The van der Waals surface area contributed by atoms with E-state index in [9.17, 15) is 9.59 Å². The van der Waals surface area contributed by atoms with Gasteiger partial charge in [-0.2, -0.15) is 0 Å². The third-order valence-electron chi connectivity index (χ3n) is 3.27. The van der Waals surface area contributed by atoms with Crippen molar-refractivity contribution in [2.45, 2.75) is 58.4 Å². The van der Waals surface area contributed by atoms with Gasteiger partial charge in [0, 0.05) is 19.0 Å². The van der Waals surface area contributed by atoms with Crippen LogP contribution in [0.15, 0.2) is 0 Å². The summed E-state index contributed by atoms with van der Waals surface area (Å²) in [5.74, 6) is -0.171. The number of nitrogens with zero attached hydrogens (tertiary/aromatic N) is 1. The Balaban J connectivity index is 2.37. The first kappa shape index (κ1) is 14.0. The largest absolute Gasteiger partial charge is 0.466 e. The standard InChI is InChI=1S/C13H23NO3/c1-3-11-7-5-6-10-14(11)12(15)8-9-13(16)17-4-2/h11H,3-10H2,1-2H3. The SMILES string of the molecule is CCOC(=O)CCC(=O)N1CCCCC1CC. The van der Waals surface area contributed by atoms with Crippen molar-refractivity contribution in [3.63, 3.8) is 0 Å². The summed E-state index contributed by atoms with van der Waals surface area (Å²) in [5.41, 5.74) is 0. The normalized spacial score (nSPS) is 20.1. The summed E-state index contributed by atoms with van der Waals surface area (Å²) in [6, 6.07) is 0.374. The number of piperidine rings is 1. The number of esters is 1. The van der Waals surface area contributed by atoms with Gasteiger partial charge < -0.3 is 9.64 Å². The van der Waals surface area contributed by atoms with E-state index in [4.69, 9.17) is 4.74 Å². The van der Waals surface area contributed by atoms with Crippen LogP contribution in [0.4, 0.5) is 0 Å². The number of ether oxygens (including phenoxy) is 1. The Hall–Kier alpha value is -1.06. The van der Waals surface area contributed by atoms with Crippen LogP contribution in [0.1, 0.15) is 52.4 Å². The van der Waals surface area contributed by atoms with E-state index in [1.54, 1.807) is 6.92 Å². The summed E-state index contributed by atoms with van der Waals surface area (Å²) in [7, 11) is 0. The van der Waals surface area contributed by atoms with Gasteiger partial charge in [0.1, 0.15) is 0 Å². The zero-order valence-electron chi connectivity index (χ0n) is 10.9. The van der Waals surface area contributed by atoms with E-state index in [2.05, 4.69) is 6.92 Å². The highest BCUT2D eigenvalue weighted by Gasteiger charge is 2.25. The second kappa shape index (κ2) is 7.30. The summed E-state index contributed by atoms with van der Waals surface area (Å²) < 4.78 is 4.82. The Kier molecular flexibility index (Phi) is 6.01. The summed E-state index contributed by atoms with van der Waals surface area (Å²) in [5, 5.41) is 0. The molecule has 1 aliphatic heterocycles. The van der Waals surface area contributed by atoms with Gasteiger partial charge in [0.25, 0.3) is 0 Å². The van der Waals surface area contributed by atoms with Gasteiger partial charge in [0.05, 0.1) is 13.0 Å². The highest BCUT2D eigenvalue weighted by atomic mass is 16.5. The second-order valence-corrected chi connectivity index (χ2v) is 4.45. The summed E-state index contributed by atoms with van der Waals surface area (Å²) in [6.07, 6.45) is 4.89. The summed E-state index contributed by atoms with van der Waals surface area (Å²) in [4.78, 5) is 25.1. The Morgan fingerprint density at radius 2 is 2.00 bits per heavy atom. The maximum Gasteiger partial charge on any atom is 0.306 e. The first-order chi connectivity index (χ1) is 8.19. The number of hydrogen-bond donors (Lipinski definition) is 0. The van der Waals surface area contributed by atoms with Crippen LogP contribution < -0.4 is 0 Å². The quantitative estimate of drug-likeness (QED) is 0.693. The molecule has 98 valence electrons. The molecule has 0 aromatic heterocycles. The molecule has 4 heteroatoms. The van der Waals surface area contributed by atoms with Crippen LogP contribution in [0.25, 0.3) is 0 Å². The molecule has 1 fully saturated rings. The molecule has 0 aromatic carbocycles. The topological polar surface area (TPSA) is 46.6 Å². The van der Waals surface area contributed by atoms with Crippen molar-refractivity contribution in [2.75, 3.05) is 13.2 Å². The number of carbonyl (C=O) groups is 2. The Bertz CT molecular complexity index is 265. The fraction of sp³-hybridized carbons (Fsp3) is 0.846. The van der Waals surface area contributed by atoms with Crippen molar-refractivity contribution < 1.29 is 14.3 Å². The molecule has 0 aromatic rings. The van der Waals surface area contributed by atoms with E-state index in [0.29, 0.717) is 12.6 Å². The first-order valence-corrected chi connectivity index (χ1v) is 6.64. The fourth-order valence-electron chi connectivity index (χ4n) is 2.34. The van der Waals surface area contributed by atoms with E-state index >= 15 is 0 Å². The lowest BCUT2D eigenvalue weighted by Gasteiger charge is -2.35. The van der Waals surface area contributed by atoms with Crippen molar-refractivity contribution in [1.82, 2.24) is 4.90 Å². The zero-order valence-corrected chi connectivity index (χ0v) is 10.9. The van der Waals surface area contributed by atoms with Gasteiger partial charge >= 0.3 is 5.97 Å². The molecule has 0 radical (unpaired) electrons. The lowest BCUT2D eigenvalue weighted by molar-refractivity contribution is -0.146. The first-order valence-electron chi connectivity index (χ1n) is 6.64. The fourth-order valence-corrected chi connectivity index (χ4v) is 2.34. The van der Waals surface area contributed by atoms with Crippen molar-refractivity contribution in [3.05, 3.63) is 0 Å². The second-order valence-electron chi connectivity index (χ2n) is 4.45. The minimum atomic E-state index is -0.272. The molecule has 0 saturated carbocycles. The number of carbonyl (C=O) groups excluding carboxylic acids is 2. The van der Waals surface area contributed by atoms with E-state index in [0.717, 1.165) is 25.8 Å². The molecule has 1 amide bonds. The summed E-state index contributed by atoms with van der Waals surface area (Å²) in [6.45, 7) is 5.12. The van der Waals surface area contributed by atoms with Crippen molar-refractivity contribution in [2.24, 2.45) is 0 Å². The average molecular weight is 241 g/mol. The molecule has 1 atom stereocenters. The molecule has 1 saturated heterocycles. The minimum Gasteiger partial charge on any atom is -0.466 e. The lowest BCUT2D eigenvalue weighted by Crippen LogP contribution is -2.43. The Morgan fingerprint density at radius 3 is 2.65 bits per heavy atom. The molecule has 17 heavy (non-hydrogen) atoms. The minimum absolute atomic E-state index is 0.101. The molecule has 0 aliphatic carbocycles. The molecule has 1 rings (SSSR count). The van der Waals surface area contributed by atoms with E-state index in [1.165, 1.54) is 6.42 Å². The number of hydrogen-bond acceptors (Lipinski definition) is 3. The van der Waals surface area contributed by atoms with Gasteiger partial charge in [-0.3, -0.25) is 9.59 Å².